The molecule has 1 N–H and O–H groups in total. The normalized spacial score (nSPS) is 25.5. The molecule has 3 aliphatic rings. The molecule has 0 aromatic heterocycles. The number of fused-ring (bicyclic) bond motifs is 3. The van der Waals surface area contributed by atoms with Crippen LogP contribution in [-0.2, 0) is 4.74 Å². The average Bonchev–Trinajstić information content (AvgIpc) is 3.35. The molecule has 2 fully saturated rings. The third-order valence-electron chi connectivity index (χ3n) is 7.41. The van der Waals surface area contributed by atoms with Gasteiger partial charge in [0.1, 0.15) is 11.5 Å². The minimum atomic E-state index is -0.0479. The van der Waals surface area contributed by atoms with Gasteiger partial charge in [-0.15, -0.1) is 0 Å². The fourth-order valence-corrected chi connectivity index (χ4v) is 5.67. The highest BCUT2D eigenvalue weighted by atomic mass is 16.5. The molecule has 6 heteroatoms. The number of hydrogen-bond acceptors (Lipinski definition) is 6. The van der Waals surface area contributed by atoms with Gasteiger partial charge in [-0.2, -0.15) is 0 Å². The maximum absolute atomic E-state index is 9.32. The summed E-state index contributed by atoms with van der Waals surface area (Å²) in [5.74, 6) is 2.27. The summed E-state index contributed by atoms with van der Waals surface area (Å²) < 4.78 is 17.1. The van der Waals surface area contributed by atoms with Crippen molar-refractivity contribution in [2.45, 2.75) is 37.3 Å². The highest BCUT2D eigenvalue weighted by molar-refractivity contribution is 5.47. The van der Waals surface area contributed by atoms with Gasteiger partial charge in [0.15, 0.2) is 0 Å². The number of hydrogen-bond donors (Lipinski definition) is 1. The van der Waals surface area contributed by atoms with Crippen LogP contribution in [-0.4, -0.2) is 80.7 Å². The first kappa shape index (κ1) is 22.7. The van der Waals surface area contributed by atoms with E-state index in [1.54, 1.807) is 7.11 Å². The Balaban J connectivity index is 1.25. The zero-order chi connectivity index (χ0) is 22.6. The maximum atomic E-state index is 9.32. The molecule has 0 amide bonds. The Hall–Kier alpha value is -2.12. The van der Waals surface area contributed by atoms with Gasteiger partial charge in [-0.25, -0.2) is 0 Å². The third-order valence-corrected chi connectivity index (χ3v) is 7.41. The van der Waals surface area contributed by atoms with Crippen LogP contribution in [0.4, 0.5) is 0 Å². The Morgan fingerprint density at radius 1 is 1.03 bits per heavy atom. The van der Waals surface area contributed by atoms with Crippen molar-refractivity contribution in [3.05, 3.63) is 59.2 Å². The van der Waals surface area contributed by atoms with Crippen molar-refractivity contribution in [2.24, 2.45) is 0 Å². The molecule has 0 aliphatic carbocycles. The molecule has 3 heterocycles. The van der Waals surface area contributed by atoms with Gasteiger partial charge in [0, 0.05) is 38.1 Å². The van der Waals surface area contributed by atoms with Crippen molar-refractivity contribution in [1.29, 1.82) is 0 Å². The van der Waals surface area contributed by atoms with Crippen LogP contribution >= 0.6 is 0 Å². The molecule has 2 aromatic carbocycles. The van der Waals surface area contributed by atoms with Gasteiger partial charge in [-0.05, 0) is 66.8 Å². The minimum Gasteiger partial charge on any atom is -0.497 e. The van der Waals surface area contributed by atoms with Gasteiger partial charge >= 0.3 is 0 Å². The van der Waals surface area contributed by atoms with Crippen LogP contribution in [0, 0.1) is 0 Å². The Labute approximate surface area is 197 Å². The first-order valence-corrected chi connectivity index (χ1v) is 12.3. The lowest BCUT2D eigenvalue weighted by molar-refractivity contribution is -0.0533. The van der Waals surface area contributed by atoms with E-state index >= 15 is 0 Å². The van der Waals surface area contributed by atoms with Crippen LogP contribution < -0.4 is 9.47 Å². The van der Waals surface area contributed by atoms with Crippen molar-refractivity contribution in [3.8, 4) is 11.5 Å². The molecule has 0 spiro atoms. The summed E-state index contributed by atoms with van der Waals surface area (Å²) in [5.41, 5.74) is 4.23. The topological polar surface area (TPSA) is 54.4 Å². The summed E-state index contributed by atoms with van der Waals surface area (Å²) in [4.78, 5) is 5.01. The molecule has 0 saturated carbocycles. The predicted octanol–water partition coefficient (Wildman–Crippen LogP) is 3.44. The van der Waals surface area contributed by atoms with Gasteiger partial charge in [0.2, 0.25) is 0 Å². The highest BCUT2D eigenvalue weighted by Gasteiger charge is 2.36. The Bertz CT molecular complexity index is 919. The second kappa shape index (κ2) is 10.4. The Morgan fingerprint density at radius 2 is 1.88 bits per heavy atom. The first-order valence-electron chi connectivity index (χ1n) is 12.3. The number of aliphatic hydroxyl groups excluding tert-OH is 1. The average molecular weight is 453 g/mol. The minimum absolute atomic E-state index is 0.0479. The van der Waals surface area contributed by atoms with Crippen molar-refractivity contribution in [2.75, 3.05) is 59.7 Å². The number of rotatable bonds is 8. The van der Waals surface area contributed by atoms with Gasteiger partial charge in [0.25, 0.3) is 0 Å². The Kier molecular flexibility index (Phi) is 7.16. The van der Waals surface area contributed by atoms with E-state index in [1.807, 2.05) is 0 Å². The van der Waals surface area contributed by atoms with Crippen LogP contribution in [0.1, 0.15) is 47.9 Å². The molecular formula is C27H36N2O4. The lowest BCUT2D eigenvalue weighted by Gasteiger charge is -2.37. The standard InChI is InChI=1S/C27H36N2O4/c1-31-21-7-5-20(6-8-21)26-18-29-12-2-4-27(29)25-16-22(9-10-24(25)26)32-14-3-11-28-13-15-33-23(17-28)19-30/h5-10,16,23,26-27,30H,2-4,11-15,17-19H2,1H3/t23?,26-,27+/m1/s1. The van der Waals surface area contributed by atoms with E-state index in [9.17, 15) is 5.11 Å². The zero-order valence-electron chi connectivity index (χ0n) is 19.6. The zero-order valence-corrected chi connectivity index (χ0v) is 19.6. The van der Waals surface area contributed by atoms with Crippen LogP contribution in [0.5, 0.6) is 11.5 Å². The molecule has 6 nitrogen and oxygen atoms in total. The van der Waals surface area contributed by atoms with E-state index < -0.39 is 0 Å². The molecular weight excluding hydrogens is 416 g/mol. The number of ether oxygens (including phenoxy) is 3. The largest absolute Gasteiger partial charge is 0.497 e. The molecule has 0 radical (unpaired) electrons. The second-order valence-corrected chi connectivity index (χ2v) is 9.45. The van der Waals surface area contributed by atoms with E-state index in [4.69, 9.17) is 14.2 Å². The summed E-state index contributed by atoms with van der Waals surface area (Å²) in [6, 6.07) is 15.8. The summed E-state index contributed by atoms with van der Waals surface area (Å²) in [6.45, 7) is 6.47. The molecule has 33 heavy (non-hydrogen) atoms. The number of nitrogens with zero attached hydrogens (tertiary/aromatic N) is 2. The van der Waals surface area contributed by atoms with E-state index in [-0.39, 0.29) is 12.7 Å². The van der Waals surface area contributed by atoms with Crippen LogP contribution in [0.3, 0.4) is 0 Å². The molecule has 2 saturated heterocycles. The monoisotopic (exact) mass is 452 g/mol. The fraction of sp³-hybridized carbons (Fsp3) is 0.556. The molecule has 5 rings (SSSR count). The molecule has 3 aliphatic heterocycles. The predicted molar refractivity (Wildman–Crippen MR) is 128 cm³/mol. The van der Waals surface area contributed by atoms with E-state index in [1.165, 1.54) is 36.1 Å². The van der Waals surface area contributed by atoms with E-state index in [0.29, 0.717) is 25.2 Å². The molecule has 178 valence electrons. The highest BCUT2D eigenvalue weighted by Crippen LogP contribution is 2.45. The molecule has 1 unspecified atom stereocenters. The summed E-state index contributed by atoms with van der Waals surface area (Å²) >= 11 is 0. The van der Waals surface area contributed by atoms with Gasteiger partial charge in [-0.3, -0.25) is 9.80 Å². The van der Waals surface area contributed by atoms with Crippen molar-refractivity contribution in [3.63, 3.8) is 0 Å². The summed E-state index contributed by atoms with van der Waals surface area (Å²) in [5, 5.41) is 9.32. The molecule has 0 bridgehead atoms. The van der Waals surface area contributed by atoms with Crippen LogP contribution in [0.15, 0.2) is 42.5 Å². The first-order chi connectivity index (χ1) is 16.2. The summed E-state index contributed by atoms with van der Waals surface area (Å²) in [6.07, 6.45) is 3.42. The smallest absolute Gasteiger partial charge is 0.119 e. The summed E-state index contributed by atoms with van der Waals surface area (Å²) in [7, 11) is 1.72. The van der Waals surface area contributed by atoms with Gasteiger partial charge in [0.05, 0.1) is 33.0 Å². The second-order valence-electron chi connectivity index (χ2n) is 9.45. The number of aliphatic hydroxyl groups is 1. The van der Waals surface area contributed by atoms with Crippen molar-refractivity contribution < 1.29 is 19.3 Å². The molecule has 2 aromatic rings. The van der Waals surface area contributed by atoms with E-state index in [2.05, 4.69) is 52.3 Å². The molecule has 3 atom stereocenters. The lowest BCUT2D eigenvalue weighted by atomic mass is 9.81. The number of benzene rings is 2. The van der Waals surface area contributed by atoms with Gasteiger partial charge < -0.3 is 19.3 Å². The maximum Gasteiger partial charge on any atom is 0.119 e. The van der Waals surface area contributed by atoms with Crippen molar-refractivity contribution >= 4 is 0 Å². The van der Waals surface area contributed by atoms with Crippen molar-refractivity contribution in [1.82, 2.24) is 9.80 Å². The SMILES string of the molecule is COc1ccc([C@H]2CN3CCC[C@H]3c3cc(OCCCN4CCOC(CO)C4)ccc32)cc1. The van der Waals surface area contributed by atoms with Crippen LogP contribution in [0.2, 0.25) is 0 Å². The number of methoxy groups -OCH3 is 1. The van der Waals surface area contributed by atoms with Gasteiger partial charge in [-0.1, -0.05) is 18.2 Å². The Morgan fingerprint density at radius 3 is 2.70 bits per heavy atom. The van der Waals surface area contributed by atoms with Crippen LogP contribution in [0.25, 0.3) is 0 Å². The fourth-order valence-electron chi connectivity index (χ4n) is 5.67. The van der Waals surface area contributed by atoms with E-state index in [0.717, 1.165) is 44.1 Å². The number of morpholine rings is 1. The third kappa shape index (κ3) is 5.04. The lowest BCUT2D eigenvalue weighted by Crippen LogP contribution is -2.44. The quantitative estimate of drug-likeness (QED) is 0.620.